The summed E-state index contributed by atoms with van der Waals surface area (Å²) >= 11 is 5.83. The molecule has 2 aromatic carbocycles. The topological polar surface area (TPSA) is 69.4 Å². The van der Waals surface area contributed by atoms with Crippen LogP contribution in [0.5, 0.6) is 0 Å². The molecule has 6 heteroatoms. The molecule has 0 unspecified atom stereocenters. The summed E-state index contributed by atoms with van der Waals surface area (Å²) in [4.78, 5) is 21.7. The molecule has 0 aliphatic carbocycles. The lowest BCUT2D eigenvalue weighted by molar-refractivity contribution is -0.385. The zero-order valence-electron chi connectivity index (χ0n) is 11.5. The Hall–Kier alpha value is -2.84. The number of hydrogen-bond donors (Lipinski definition) is 0. The van der Waals surface area contributed by atoms with E-state index in [4.69, 9.17) is 11.6 Å². The molecule has 0 aliphatic rings. The van der Waals surface area contributed by atoms with Crippen LogP contribution in [0.3, 0.4) is 0 Å². The average molecular weight is 316 g/mol. The van der Waals surface area contributed by atoms with Crippen LogP contribution in [-0.2, 0) is 4.74 Å². The second-order valence-electron chi connectivity index (χ2n) is 4.24. The lowest BCUT2D eigenvalue weighted by atomic mass is 10.1. The third-order valence-electron chi connectivity index (χ3n) is 2.80. The van der Waals surface area contributed by atoms with Gasteiger partial charge in [0.2, 0.25) is 0 Å². The Balaban J connectivity index is 2.32. The number of benzene rings is 2. The van der Waals surface area contributed by atoms with E-state index in [9.17, 15) is 14.9 Å². The summed E-state index contributed by atoms with van der Waals surface area (Å²) in [5, 5.41) is 11.3. The van der Waals surface area contributed by atoms with Crippen molar-refractivity contribution in [2.75, 3.05) is 7.11 Å². The molecule has 0 aliphatic heterocycles. The van der Waals surface area contributed by atoms with Gasteiger partial charge in [0.25, 0.3) is 5.69 Å². The first-order valence-corrected chi connectivity index (χ1v) is 6.53. The number of esters is 1. The summed E-state index contributed by atoms with van der Waals surface area (Å²) in [5.41, 5.74) is 1.14. The Morgan fingerprint density at radius 1 is 1.18 bits per heavy atom. The normalized spacial score (nSPS) is 9.55. The van der Waals surface area contributed by atoms with E-state index in [2.05, 4.69) is 16.6 Å². The fourth-order valence-corrected chi connectivity index (χ4v) is 1.89. The fraction of sp³-hybridized carbons (Fsp3) is 0.0625. The Bertz CT molecular complexity index is 788. The van der Waals surface area contributed by atoms with E-state index in [1.54, 1.807) is 24.3 Å². The predicted molar refractivity (Wildman–Crippen MR) is 81.9 cm³/mol. The molecule has 0 N–H and O–H groups in total. The Kier molecular flexibility index (Phi) is 4.77. The lowest BCUT2D eigenvalue weighted by Gasteiger charge is -1.98. The van der Waals surface area contributed by atoms with Gasteiger partial charge in [-0.05, 0) is 36.4 Å². The zero-order chi connectivity index (χ0) is 16.1. The van der Waals surface area contributed by atoms with Crippen LogP contribution < -0.4 is 0 Å². The highest BCUT2D eigenvalue weighted by Gasteiger charge is 2.11. The average Bonchev–Trinajstić information content (AvgIpc) is 2.52. The SMILES string of the molecule is COC(=O)c1ccc(C#Cc2cc(Cl)ccc2[N+](=O)[O-])cc1. The molecule has 22 heavy (non-hydrogen) atoms. The van der Waals surface area contributed by atoms with Gasteiger partial charge in [-0.15, -0.1) is 0 Å². The van der Waals surface area contributed by atoms with Gasteiger partial charge in [0.15, 0.2) is 0 Å². The van der Waals surface area contributed by atoms with E-state index in [0.717, 1.165) is 0 Å². The van der Waals surface area contributed by atoms with Crippen molar-refractivity contribution >= 4 is 23.3 Å². The van der Waals surface area contributed by atoms with Gasteiger partial charge in [-0.25, -0.2) is 4.79 Å². The summed E-state index contributed by atoms with van der Waals surface area (Å²) in [6.45, 7) is 0. The van der Waals surface area contributed by atoms with Crippen LogP contribution in [0, 0.1) is 22.0 Å². The van der Waals surface area contributed by atoms with Gasteiger partial charge in [-0.2, -0.15) is 0 Å². The van der Waals surface area contributed by atoms with Crippen LogP contribution in [0.15, 0.2) is 42.5 Å². The van der Waals surface area contributed by atoms with E-state index >= 15 is 0 Å². The minimum atomic E-state index is -0.513. The molecule has 2 rings (SSSR count). The maximum atomic E-state index is 11.3. The van der Waals surface area contributed by atoms with Crippen molar-refractivity contribution in [3.05, 3.63) is 74.3 Å². The second-order valence-corrected chi connectivity index (χ2v) is 4.67. The van der Waals surface area contributed by atoms with E-state index in [-0.39, 0.29) is 11.3 Å². The monoisotopic (exact) mass is 315 g/mol. The van der Waals surface area contributed by atoms with Crippen LogP contribution in [0.4, 0.5) is 5.69 Å². The lowest BCUT2D eigenvalue weighted by Crippen LogP contribution is -2.00. The molecule has 0 fully saturated rings. The zero-order valence-corrected chi connectivity index (χ0v) is 12.3. The van der Waals surface area contributed by atoms with Gasteiger partial charge < -0.3 is 4.74 Å². The van der Waals surface area contributed by atoms with Gasteiger partial charge in [-0.3, -0.25) is 10.1 Å². The second kappa shape index (κ2) is 6.74. The first-order chi connectivity index (χ1) is 10.5. The van der Waals surface area contributed by atoms with Crippen molar-refractivity contribution in [3.8, 4) is 11.8 Å². The highest BCUT2D eigenvalue weighted by atomic mass is 35.5. The van der Waals surface area contributed by atoms with Crippen molar-refractivity contribution < 1.29 is 14.5 Å². The highest BCUT2D eigenvalue weighted by molar-refractivity contribution is 6.30. The Labute approximate surface area is 131 Å². The van der Waals surface area contributed by atoms with Gasteiger partial charge >= 0.3 is 5.97 Å². The molecule has 0 aromatic heterocycles. The summed E-state index contributed by atoms with van der Waals surface area (Å²) < 4.78 is 4.60. The molecule has 0 amide bonds. The van der Waals surface area contributed by atoms with Crippen LogP contribution in [0.25, 0.3) is 0 Å². The van der Waals surface area contributed by atoms with Crippen LogP contribution in [0.2, 0.25) is 5.02 Å². The maximum Gasteiger partial charge on any atom is 0.337 e. The third kappa shape index (κ3) is 3.62. The number of carbonyl (C=O) groups excluding carboxylic acids is 1. The van der Waals surface area contributed by atoms with Crippen LogP contribution in [-0.4, -0.2) is 18.0 Å². The highest BCUT2D eigenvalue weighted by Crippen LogP contribution is 2.21. The minimum Gasteiger partial charge on any atom is -0.465 e. The molecule has 110 valence electrons. The first-order valence-electron chi connectivity index (χ1n) is 6.15. The number of methoxy groups -OCH3 is 1. The maximum absolute atomic E-state index is 11.3. The number of nitrogens with zero attached hydrogens (tertiary/aromatic N) is 1. The predicted octanol–water partition coefficient (Wildman–Crippen LogP) is 3.43. The molecule has 5 nitrogen and oxygen atoms in total. The van der Waals surface area contributed by atoms with Gasteiger partial charge in [0.05, 0.1) is 17.6 Å². The number of ether oxygens (including phenoxy) is 1. The van der Waals surface area contributed by atoms with E-state index in [1.165, 1.54) is 25.3 Å². The molecular formula is C16H10ClNO4. The van der Waals surface area contributed by atoms with Gasteiger partial charge in [0.1, 0.15) is 5.56 Å². The summed E-state index contributed by atoms with van der Waals surface area (Å²) in [7, 11) is 1.30. The van der Waals surface area contributed by atoms with E-state index in [0.29, 0.717) is 16.1 Å². The van der Waals surface area contributed by atoms with Crippen molar-refractivity contribution in [3.63, 3.8) is 0 Å². The number of carbonyl (C=O) groups is 1. The fourth-order valence-electron chi connectivity index (χ4n) is 1.71. The van der Waals surface area contributed by atoms with Crippen molar-refractivity contribution in [2.24, 2.45) is 0 Å². The van der Waals surface area contributed by atoms with Crippen molar-refractivity contribution in [2.45, 2.75) is 0 Å². The number of hydrogen-bond acceptors (Lipinski definition) is 4. The van der Waals surface area contributed by atoms with Crippen LogP contribution in [0.1, 0.15) is 21.5 Å². The van der Waals surface area contributed by atoms with Crippen LogP contribution >= 0.6 is 11.6 Å². The largest absolute Gasteiger partial charge is 0.465 e. The third-order valence-corrected chi connectivity index (χ3v) is 3.04. The van der Waals surface area contributed by atoms with Crippen molar-refractivity contribution in [1.82, 2.24) is 0 Å². The molecule has 0 radical (unpaired) electrons. The Morgan fingerprint density at radius 3 is 2.45 bits per heavy atom. The number of halogens is 1. The smallest absolute Gasteiger partial charge is 0.337 e. The van der Waals surface area contributed by atoms with Gasteiger partial charge in [-0.1, -0.05) is 23.4 Å². The minimum absolute atomic E-state index is 0.108. The molecular weight excluding hydrogens is 306 g/mol. The molecule has 0 bridgehead atoms. The number of nitro groups is 1. The molecule has 2 aromatic rings. The summed E-state index contributed by atoms with van der Waals surface area (Å²) in [5.74, 6) is 5.08. The van der Waals surface area contributed by atoms with Crippen molar-refractivity contribution in [1.29, 1.82) is 0 Å². The standard InChI is InChI=1S/C16H10ClNO4/c1-22-16(19)12-5-2-11(3-6-12)4-7-13-10-14(17)8-9-15(13)18(20)21/h2-3,5-6,8-10H,1H3. The summed E-state index contributed by atoms with van der Waals surface area (Å²) in [6, 6.07) is 10.6. The molecule has 0 heterocycles. The molecule has 0 saturated carbocycles. The van der Waals surface area contributed by atoms with E-state index < -0.39 is 10.9 Å². The molecule has 0 saturated heterocycles. The number of nitro benzene ring substituents is 1. The molecule has 0 spiro atoms. The summed E-state index contributed by atoms with van der Waals surface area (Å²) in [6.07, 6.45) is 0. The number of rotatable bonds is 2. The quantitative estimate of drug-likeness (QED) is 0.368. The van der Waals surface area contributed by atoms with Gasteiger partial charge in [0, 0.05) is 16.7 Å². The van der Waals surface area contributed by atoms with E-state index in [1.807, 2.05) is 0 Å². The first kappa shape index (κ1) is 15.5. The molecule has 0 atom stereocenters. The Morgan fingerprint density at radius 2 is 1.86 bits per heavy atom.